The van der Waals surface area contributed by atoms with Crippen molar-refractivity contribution in [1.82, 2.24) is 4.98 Å². The SMILES string of the molecule is Cc1sc(NC(=O)c2cc3ccccc3oc2=O)c(-c2nc3ccccc3s2)c1C. The first-order chi connectivity index (χ1) is 14.5. The lowest BCUT2D eigenvalue weighted by Gasteiger charge is -2.06. The summed E-state index contributed by atoms with van der Waals surface area (Å²) in [6, 6.07) is 16.6. The van der Waals surface area contributed by atoms with Gasteiger partial charge in [-0.3, -0.25) is 4.79 Å². The van der Waals surface area contributed by atoms with E-state index < -0.39 is 11.5 Å². The standard InChI is InChI=1S/C23H16N2O3S2/c1-12-13(2)29-22(19(12)21-24-16-8-4-6-10-18(16)30-21)25-20(26)15-11-14-7-3-5-9-17(14)28-23(15)27/h3-11H,1-2H3,(H,25,26). The molecule has 0 bridgehead atoms. The topological polar surface area (TPSA) is 72.2 Å². The molecule has 0 radical (unpaired) electrons. The average molecular weight is 433 g/mol. The largest absolute Gasteiger partial charge is 0.422 e. The smallest absolute Gasteiger partial charge is 0.349 e. The molecule has 30 heavy (non-hydrogen) atoms. The molecule has 7 heteroatoms. The third kappa shape index (κ3) is 3.12. The molecule has 0 saturated carbocycles. The highest BCUT2D eigenvalue weighted by atomic mass is 32.1. The molecule has 0 spiro atoms. The van der Waals surface area contributed by atoms with Crippen LogP contribution >= 0.6 is 22.7 Å². The highest BCUT2D eigenvalue weighted by Crippen LogP contribution is 2.43. The van der Waals surface area contributed by atoms with E-state index in [2.05, 4.69) is 5.32 Å². The van der Waals surface area contributed by atoms with Crippen molar-refractivity contribution in [1.29, 1.82) is 0 Å². The van der Waals surface area contributed by atoms with Crippen LogP contribution in [0.5, 0.6) is 0 Å². The first-order valence-electron chi connectivity index (χ1n) is 9.31. The molecular formula is C23H16N2O3S2. The number of para-hydroxylation sites is 2. The first-order valence-corrected chi connectivity index (χ1v) is 10.9. The van der Waals surface area contributed by atoms with Gasteiger partial charge >= 0.3 is 5.63 Å². The number of thiazole rings is 1. The van der Waals surface area contributed by atoms with Gasteiger partial charge in [0.2, 0.25) is 0 Å². The Kier molecular flexibility index (Phi) is 4.49. The normalized spacial score (nSPS) is 11.3. The van der Waals surface area contributed by atoms with Gasteiger partial charge in [-0.1, -0.05) is 30.3 Å². The first kappa shape index (κ1) is 18.7. The minimum absolute atomic E-state index is 0.0207. The van der Waals surface area contributed by atoms with Crippen molar-refractivity contribution in [3.8, 4) is 10.6 Å². The molecule has 0 fully saturated rings. The van der Waals surface area contributed by atoms with Crippen molar-refractivity contribution in [3.63, 3.8) is 0 Å². The van der Waals surface area contributed by atoms with Gasteiger partial charge in [0.1, 0.15) is 21.2 Å². The molecule has 3 aromatic heterocycles. The maximum Gasteiger partial charge on any atom is 0.349 e. The van der Waals surface area contributed by atoms with E-state index >= 15 is 0 Å². The number of nitrogens with zero attached hydrogens (tertiary/aromatic N) is 1. The fourth-order valence-electron chi connectivity index (χ4n) is 3.34. The number of rotatable bonds is 3. The molecule has 5 nitrogen and oxygen atoms in total. The van der Waals surface area contributed by atoms with E-state index in [1.807, 2.05) is 44.2 Å². The number of anilines is 1. The fraction of sp³-hybridized carbons (Fsp3) is 0.0870. The van der Waals surface area contributed by atoms with Crippen LogP contribution < -0.4 is 10.9 Å². The van der Waals surface area contributed by atoms with Gasteiger partial charge in [-0.2, -0.15) is 0 Å². The number of hydrogen-bond acceptors (Lipinski definition) is 6. The molecule has 148 valence electrons. The monoisotopic (exact) mass is 432 g/mol. The summed E-state index contributed by atoms with van der Waals surface area (Å²) in [7, 11) is 0. The Bertz CT molecular complexity index is 1460. The van der Waals surface area contributed by atoms with E-state index in [1.165, 1.54) is 11.3 Å². The van der Waals surface area contributed by atoms with Gasteiger partial charge in [0.15, 0.2) is 0 Å². The van der Waals surface area contributed by atoms with Gasteiger partial charge in [-0.25, -0.2) is 9.78 Å². The zero-order chi connectivity index (χ0) is 20.8. The Morgan fingerprint density at radius 3 is 2.63 bits per heavy atom. The van der Waals surface area contributed by atoms with Crippen LogP contribution in [-0.4, -0.2) is 10.9 Å². The van der Waals surface area contributed by atoms with Crippen LogP contribution in [-0.2, 0) is 0 Å². The molecule has 0 aliphatic carbocycles. The molecule has 0 unspecified atom stereocenters. The van der Waals surface area contributed by atoms with Gasteiger partial charge < -0.3 is 9.73 Å². The van der Waals surface area contributed by atoms with Gasteiger partial charge in [-0.15, -0.1) is 22.7 Å². The summed E-state index contributed by atoms with van der Waals surface area (Å²) in [5.41, 5.74) is 2.67. The zero-order valence-electron chi connectivity index (χ0n) is 16.2. The molecule has 2 aromatic carbocycles. The van der Waals surface area contributed by atoms with Crippen LogP contribution in [0.4, 0.5) is 5.00 Å². The van der Waals surface area contributed by atoms with Crippen molar-refractivity contribution in [3.05, 3.63) is 81.0 Å². The predicted octanol–water partition coefficient (Wildman–Crippen LogP) is 6.00. The lowest BCUT2D eigenvalue weighted by molar-refractivity contribution is 0.102. The second kappa shape index (κ2) is 7.19. The van der Waals surface area contributed by atoms with Crippen LogP contribution in [0.3, 0.4) is 0 Å². The Hall–Kier alpha value is -3.29. The number of benzene rings is 2. The van der Waals surface area contributed by atoms with Crippen molar-refractivity contribution in [2.24, 2.45) is 0 Å². The second-order valence-electron chi connectivity index (χ2n) is 6.91. The van der Waals surface area contributed by atoms with Crippen LogP contribution in [0, 0.1) is 13.8 Å². The number of aromatic nitrogens is 1. The third-order valence-corrected chi connectivity index (χ3v) is 7.18. The van der Waals surface area contributed by atoms with Gasteiger partial charge in [0.25, 0.3) is 5.91 Å². The number of amides is 1. The molecule has 5 rings (SSSR count). The lowest BCUT2D eigenvalue weighted by atomic mass is 10.1. The maximum absolute atomic E-state index is 13.0. The molecule has 0 aliphatic heterocycles. The molecule has 0 saturated heterocycles. The maximum atomic E-state index is 13.0. The van der Waals surface area contributed by atoms with E-state index in [4.69, 9.17) is 9.40 Å². The molecule has 1 amide bonds. The average Bonchev–Trinajstić information content (AvgIpc) is 3.27. The summed E-state index contributed by atoms with van der Waals surface area (Å²) in [6.07, 6.45) is 0. The lowest BCUT2D eigenvalue weighted by Crippen LogP contribution is -2.20. The predicted molar refractivity (Wildman–Crippen MR) is 123 cm³/mol. The summed E-state index contributed by atoms with van der Waals surface area (Å²) in [5.74, 6) is -0.488. The number of carbonyl (C=O) groups excluding carboxylic acids is 1. The number of carbonyl (C=O) groups is 1. The Labute approximate surface area is 179 Å². The minimum Gasteiger partial charge on any atom is -0.422 e. The van der Waals surface area contributed by atoms with E-state index in [0.717, 1.165) is 31.2 Å². The van der Waals surface area contributed by atoms with Crippen molar-refractivity contribution < 1.29 is 9.21 Å². The summed E-state index contributed by atoms with van der Waals surface area (Å²) in [5, 5.41) is 5.15. The molecular weight excluding hydrogens is 416 g/mol. The second-order valence-corrected chi connectivity index (χ2v) is 9.17. The highest BCUT2D eigenvalue weighted by Gasteiger charge is 2.22. The number of hydrogen-bond donors (Lipinski definition) is 1. The van der Waals surface area contributed by atoms with Gasteiger partial charge in [-0.05, 0) is 43.7 Å². The van der Waals surface area contributed by atoms with Crippen molar-refractivity contribution in [2.45, 2.75) is 13.8 Å². The van der Waals surface area contributed by atoms with Crippen LogP contribution in [0.2, 0.25) is 0 Å². The third-order valence-electron chi connectivity index (χ3n) is 5.01. The number of thiophene rings is 1. The van der Waals surface area contributed by atoms with Crippen molar-refractivity contribution >= 4 is 54.8 Å². The molecule has 1 N–H and O–H groups in total. The van der Waals surface area contributed by atoms with E-state index in [0.29, 0.717) is 16.0 Å². The van der Waals surface area contributed by atoms with Crippen LogP contribution in [0.25, 0.3) is 31.8 Å². The molecule has 3 heterocycles. The van der Waals surface area contributed by atoms with E-state index in [9.17, 15) is 9.59 Å². The summed E-state index contributed by atoms with van der Waals surface area (Å²) < 4.78 is 6.40. The minimum atomic E-state index is -0.655. The highest BCUT2D eigenvalue weighted by molar-refractivity contribution is 7.22. The van der Waals surface area contributed by atoms with Crippen LogP contribution in [0.15, 0.2) is 63.8 Å². The summed E-state index contributed by atoms with van der Waals surface area (Å²) in [6.45, 7) is 4.03. The fourth-order valence-corrected chi connectivity index (χ4v) is 5.54. The quantitative estimate of drug-likeness (QED) is 0.355. The number of fused-ring (bicyclic) bond motifs is 2. The Morgan fingerprint density at radius 1 is 1.03 bits per heavy atom. The molecule has 5 aromatic rings. The zero-order valence-corrected chi connectivity index (χ0v) is 17.8. The number of nitrogens with one attached hydrogen (secondary N) is 1. The van der Waals surface area contributed by atoms with E-state index in [1.54, 1.807) is 35.6 Å². The molecule has 0 atom stereocenters. The van der Waals surface area contributed by atoms with Crippen molar-refractivity contribution in [2.75, 3.05) is 5.32 Å². The summed E-state index contributed by atoms with van der Waals surface area (Å²) in [4.78, 5) is 31.2. The van der Waals surface area contributed by atoms with Crippen LogP contribution in [0.1, 0.15) is 20.8 Å². The van der Waals surface area contributed by atoms with Gasteiger partial charge in [0, 0.05) is 15.8 Å². The number of aryl methyl sites for hydroxylation is 1. The summed E-state index contributed by atoms with van der Waals surface area (Å²) >= 11 is 3.06. The van der Waals surface area contributed by atoms with Gasteiger partial charge in [0.05, 0.1) is 10.2 Å². The Balaban J connectivity index is 1.57. The Morgan fingerprint density at radius 2 is 1.80 bits per heavy atom. The molecule has 0 aliphatic rings. The van der Waals surface area contributed by atoms with E-state index in [-0.39, 0.29) is 5.56 Å².